The zero-order valence-electron chi connectivity index (χ0n) is 33.2. The predicted molar refractivity (Wildman–Crippen MR) is 203 cm³/mol. The summed E-state index contributed by atoms with van der Waals surface area (Å²) in [5.74, 6) is -2.14. The van der Waals surface area contributed by atoms with Crippen molar-refractivity contribution in [2.24, 2.45) is 0 Å². The number of fused-ring (bicyclic) bond motifs is 7. The fourth-order valence-corrected chi connectivity index (χ4v) is 7.30. The van der Waals surface area contributed by atoms with E-state index in [4.69, 9.17) is 47.4 Å². The Bertz CT molecular complexity index is 1970. The van der Waals surface area contributed by atoms with Crippen molar-refractivity contribution in [2.45, 2.75) is 45.6 Å². The number of carbonyl (C=O) groups is 5. The molecule has 0 saturated carbocycles. The van der Waals surface area contributed by atoms with Gasteiger partial charge in [-0.05, 0) is 47.5 Å². The second-order valence-corrected chi connectivity index (χ2v) is 14.2. The molecule has 0 radical (unpaired) electrons. The van der Waals surface area contributed by atoms with Crippen LogP contribution in [0.5, 0.6) is 17.2 Å². The number of anilines is 1. The summed E-state index contributed by atoms with van der Waals surface area (Å²) in [6.07, 6.45) is 0. The average molecular weight is 806 g/mol. The molecule has 3 aromatic rings. The maximum absolute atomic E-state index is 14.3. The Balaban J connectivity index is 1.51. The van der Waals surface area contributed by atoms with Crippen LogP contribution in [0.4, 0.5) is 5.69 Å². The second-order valence-electron chi connectivity index (χ2n) is 14.2. The third-order valence-corrected chi connectivity index (χ3v) is 9.80. The molecule has 0 N–H and O–H groups in total. The molecule has 16 nitrogen and oxygen atoms in total. The van der Waals surface area contributed by atoms with Crippen molar-refractivity contribution in [3.63, 3.8) is 0 Å². The van der Waals surface area contributed by atoms with E-state index in [1.807, 2.05) is 13.8 Å². The molecule has 0 unspecified atom stereocenters. The van der Waals surface area contributed by atoms with Crippen LogP contribution in [0.25, 0.3) is 0 Å². The lowest BCUT2D eigenvalue weighted by atomic mass is 9.61. The summed E-state index contributed by atoms with van der Waals surface area (Å²) in [6.45, 7) is 9.43. The Morgan fingerprint density at radius 2 is 1.17 bits per heavy atom. The van der Waals surface area contributed by atoms with Gasteiger partial charge in [-0.2, -0.15) is 0 Å². The molecule has 1 spiro atoms. The highest BCUT2D eigenvalue weighted by Crippen LogP contribution is 2.58. The SMILES string of the molecule is CC(=O)OCOC(=O)CN1CCOCCOCCOCCOCCOc2cc3c(cc21)C(=O)OC31c2ccc(OC(C)=O)cc2C(C)(C)c2cc(OC(C)=O)ccc21. The van der Waals surface area contributed by atoms with E-state index in [1.165, 1.54) is 20.8 Å². The first-order chi connectivity index (χ1) is 27.8. The van der Waals surface area contributed by atoms with Gasteiger partial charge >= 0.3 is 29.8 Å². The van der Waals surface area contributed by atoms with Crippen LogP contribution in [-0.4, -0.2) is 109 Å². The lowest BCUT2D eigenvalue weighted by Crippen LogP contribution is -2.41. The van der Waals surface area contributed by atoms with Crippen LogP contribution >= 0.6 is 0 Å². The van der Waals surface area contributed by atoms with Gasteiger partial charge < -0.3 is 52.3 Å². The molecular formula is C42H47NO15. The molecule has 0 saturated heterocycles. The number of ether oxygens (including phenoxy) is 10. The van der Waals surface area contributed by atoms with E-state index in [1.54, 1.807) is 53.4 Å². The van der Waals surface area contributed by atoms with Crippen LogP contribution in [-0.2, 0) is 63.4 Å². The molecule has 58 heavy (non-hydrogen) atoms. The number of rotatable bonds is 6. The maximum atomic E-state index is 14.3. The number of hydrogen-bond donors (Lipinski definition) is 0. The summed E-state index contributed by atoms with van der Waals surface area (Å²) in [5, 5.41) is 0. The van der Waals surface area contributed by atoms with Gasteiger partial charge in [-0.3, -0.25) is 19.2 Å². The molecule has 16 heteroatoms. The zero-order chi connectivity index (χ0) is 41.5. The highest BCUT2D eigenvalue weighted by atomic mass is 16.7. The minimum Gasteiger partial charge on any atom is -0.489 e. The van der Waals surface area contributed by atoms with Gasteiger partial charge in [-0.25, -0.2) is 4.79 Å². The molecule has 0 aromatic heterocycles. The van der Waals surface area contributed by atoms with Gasteiger partial charge in [0.1, 0.15) is 30.4 Å². The van der Waals surface area contributed by atoms with Crippen molar-refractivity contribution in [2.75, 3.05) is 84.2 Å². The van der Waals surface area contributed by atoms with Crippen LogP contribution in [0.3, 0.4) is 0 Å². The average Bonchev–Trinajstić information content (AvgIpc) is 3.45. The molecule has 310 valence electrons. The van der Waals surface area contributed by atoms with Crippen molar-refractivity contribution in [3.8, 4) is 17.2 Å². The Hall–Kier alpha value is -5.55. The molecule has 0 amide bonds. The van der Waals surface area contributed by atoms with Gasteiger partial charge in [0.15, 0.2) is 5.60 Å². The molecule has 2 aliphatic heterocycles. The summed E-state index contributed by atoms with van der Waals surface area (Å²) in [6, 6.07) is 13.6. The number of esters is 5. The van der Waals surface area contributed by atoms with Crippen LogP contribution in [0.1, 0.15) is 72.8 Å². The fourth-order valence-electron chi connectivity index (χ4n) is 7.30. The summed E-state index contributed by atoms with van der Waals surface area (Å²) in [4.78, 5) is 64.6. The van der Waals surface area contributed by atoms with E-state index in [2.05, 4.69) is 0 Å². The largest absolute Gasteiger partial charge is 0.489 e. The van der Waals surface area contributed by atoms with Crippen LogP contribution in [0, 0.1) is 0 Å². The molecule has 2 heterocycles. The normalized spacial score (nSPS) is 17.7. The van der Waals surface area contributed by atoms with Crippen molar-refractivity contribution >= 4 is 35.5 Å². The van der Waals surface area contributed by atoms with E-state index >= 15 is 0 Å². The summed E-state index contributed by atoms with van der Waals surface area (Å²) in [7, 11) is 0. The quantitative estimate of drug-likeness (QED) is 0.198. The highest BCUT2D eigenvalue weighted by Gasteiger charge is 2.56. The lowest BCUT2D eigenvalue weighted by molar-refractivity contribution is -0.164. The molecule has 0 fully saturated rings. The smallest absolute Gasteiger partial charge is 0.340 e. The van der Waals surface area contributed by atoms with Gasteiger partial charge in [0.05, 0.1) is 64.1 Å². The van der Waals surface area contributed by atoms with E-state index in [0.717, 1.165) is 0 Å². The highest BCUT2D eigenvalue weighted by molar-refractivity contribution is 5.99. The monoisotopic (exact) mass is 805 g/mol. The lowest BCUT2D eigenvalue weighted by Gasteiger charge is -2.44. The third-order valence-electron chi connectivity index (χ3n) is 9.80. The first-order valence-electron chi connectivity index (χ1n) is 18.9. The Kier molecular flexibility index (Phi) is 13.3. The van der Waals surface area contributed by atoms with Crippen LogP contribution < -0.4 is 19.1 Å². The summed E-state index contributed by atoms with van der Waals surface area (Å²) < 4.78 is 56.8. The number of benzene rings is 3. The van der Waals surface area contributed by atoms with Crippen molar-refractivity contribution in [3.05, 3.63) is 81.9 Å². The number of nitrogens with zero attached hydrogens (tertiary/aromatic N) is 1. The van der Waals surface area contributed by atoms with Gasteiger partial charge in [0, 0.05) is 49.4 Å². The predicted octanol–water partition coefficient (Wildman–Crippen LogP) is 3.97. The Labute approximate surface area is 335 Å². The van der Waals surface area contributed by atoms with E-state index in [-0.39, 0.29) is 50.8 Å². The van der Waals surface area contributed by atoms with E-state index in [9.17, 15) is 24.0 Å². The van der Waals surface area contributed by atoms with Crippen molar-refractivity contribution in [1.82, 2.24) is 0 Å². The zero-order valence-corrected chi connectivity index (χ0v) is 33.2. The molecule has 3 aliphatic rings. The van der Waals surface area contributed by atoms with E-state index in [0.29, 0.717) is 78.0 Å². The molecule has 1 aliphatic carbocycles. The van der Waals surface area contributed by atoms with E-state index < -0.39 is 47.7 Å². The molecule has 0 atom stereocenters. The van der Waals surface area contributed by atoms with Crippen LogP contribution in [0.15, 0.2) is 48.5 Å². The molecular weight excluding hydrogens is 758 g/mol. The maximum Gasteiger partial charge on any atom is 0.340 e. The Morgan fingerprint density at radius 1 is 0.638 bits per heavy atom. The molecule has 6 rings (SSSR count). The summed E-state index contributed by atoms with van der Waals surface area (Å²) in [5.41, 5.74) is 1.25. The van der Waals surface area contributed by atoms with Crippen molar-refractivity contribution in [1.29, 1.82) is 0 Å². The standard InChI is InChI=1S/C42H47NO15/c1-26(44)54-25-55-39(47)24-43-10-11-49-12-13-50-14-15-51-16-17-52-18-19-53-38-23-34-31(22-37(38)43)40(48)58-42(34)32-8-6-29(56-27(2)45)20-35(32)41(4,5)36-21-30(57-28(3)46)7-9-33(36)42/h6-9,20-23H,10-19,24-25H2,1-5H3. The second kappa shape index (κ2) is 18.4. The topological polar surface area (TPSA) is 181 Å². The first-order valence-corrected chi connectivity index (χ1v) is 18.9. The van der Waals surface area contributed by atoms with Gasteiger partial charge in [0.2, 0.25) is 6.79 Å². The third kappa shape index (κ3) is 9.26. The van der Waals surface area contributed by atoms with Gasteiger partial charge in [-0.15, -0.1) is 0 Å². The van der Waals surface area contributed by atoms with Gasteiger partial charge in [0.25, 0.3) is 0 Å². The molecule has 3 aromatic carbocycles. The number of hydrogen-bond acceptors (Lipinski definition) is 16. The number of carbonyl (C=O) groups excluding carboxylic acids is 5. The summed E-state index contributed by atoms with van der Waals surface area (Å²) >= 11 is 0. The minimum absolute atomic E-state index is 0.0790. The van der Waals surface area contributed by atoms with Crippen LogP contribution in [0.2, 0.25) is 0 Å². The Morgan fingerprint density at radius 3 is 1.71 bits per heavy atom. The first kappa shape index (κ1) is 42.1. The van der Waals surface area contributed by atoms with Gasteiger partial charge in [-0.1, -0.05) is 26.0 Å². The fraction of sp³-hybridized carbons (Fsp3) is 0.452. The molecule has 0 bridgehead atoms. The minimum atomic E-state index is -1.55. The van der Waals surface area contributed by atoms with Crippen molar-refractivity contribution < 1.29 is 71.3 Å².